The van der Waals surface area contributed by atoms with E-state index in [1.165, 1.54) is 0 Å². The molecule has 0 saturated heterocycles. The molecule has 1 aromatic heterocycles. The lowest BCUT2D eigenvalue weighted by atomic mass is 9.84. The first-order valence-corrected chi connectivity index (χ1v) is 12.8. The van der Waals surface area contributed by atoms with E-state index in [9.17, 15) is 4.79 Å². The van der Waals surface area contributed by atoms with Crippen LogP contribution in [0.15, 0.2) is 28.3 Å². The summed E-state index contributed by atoms with van der Waals surface area (Å²) < 4.78 is 12.4. The van der Waals surface area contributed by atoms with Crippen LogP contribution in [-0.2, 0) is 15.6 Å². The molecule has 26 heavy (non-hydrogen) atoms. The summed E-state index contributed by atoms with van der Waals surface area (Å²) in [6.07, 6.45) is 4.44. The maximum atomic E-state index is 13.0. The molecule has 1 unspecified atom stereocenters. The minimum atomic E-state index is -1.87. The molecule has 0 N–H and O–H groups in total. The number of aromatic nitrogens is 1. The first-order valence-electron chi connectivity index (χ1n) is 9.12. The Morgan fingerprint density at radius 3 is 2.62 bits per heavy atom. The van der Waals surface area contributed by atoms with Crippen molar-refractivity contribution in [2.75, 3.05) is 13.7 Å². The fraction of sp³-hybridized carbons (Fsp3) is 0.600. The maximum Gasteiger partial charge on any atom is 0.213 e. The highest BCUT2D eigenvalue weighted by atomic mass is 79.9. The van der Waals surface area contributed by atoms with Crippen LogP contribution in [-0.4, -0.2) is 32.8 Å². The third kappa shape index (κ3) is 5.05. The number of Topliss-reactive ketones (excluding diaryl/α,β-unsaturated/α-hetero) is 1. The summed E-state index contributed by atoms with van der Waals surface area (Å²) in [7, 11) is -0.263. The predicted molar refractivity (Wildman–Crippen MR) is 111 cm³/mol. The fourth-order valence-electron chi connectivity index (χ4n) is 2.71. The van der Waals surface area contributed by atoms with Crippen molar-refractivity contribution in [2.45, 2.75) is 58.2 Å². The summed E-state index contributed by atoms with van der Waals surface area (Å²) in [4.78, 5) is 17.5. The first-order chi connectivity index (χ1) is 12.0. The van der Waals surface area contributed by atoms with E-state index >= 15 is 0 Å². The highest BCUT2D eigenvalue weighted by Crippen LogP contribution is 2.37. The molecular formula is C20H30BrNO3Si. The van der Waals surface area contributed by atoms with Crippen molar-refractivity contribution < 1.29 is 14.0 Å². The van der Waals surface area contributed by atoms with Gasteiger partial charge in [-0.25, -0.2) is 4.98 Å². The molecule has 0 bridgehead atoms. The summed E-state index contributed by atoms with van der Waals surface area (Å²) in [5.41, 5.74) is 1.69. The van der Waals surface area contributed by atoms with E-state index in [1.54, 1.807) is 7.11 Å². The van der Waals surface area contributed by atoms with Gasteiger partial charge in [-0.3, -0.25) is 4.79 Å². The number of carbonyl (C=O) groups excluding carboxylic acids is 1. The minimum absolute atomic E-state index is 0.0473. The molecule has 144 valence electrons. The molecule has 0 radical (unpaired) electrons. The standard InChI is InChI=1S/C20H30BrNO3Si/c1-20(2,3)26(5,6)25-13-15-9-7-8-14(19(15)23)12-17-16(21)10-11-18(22-17)24-4/h9-11,14H,7-8,12-13H2,1-6H3. The topological polar surface area (TPSA) is 48.4 Å². The molecule has 1 heterocycles. The van der Waals surface area contributed by atoms with E-state index in [-0.39, 0.29) is 16.7 Å². The smallest absolute Gasteiger partial charge is 0.213 e. The van der Waals surface area contributed by atoms with Gasteiger partial charge in [0.05, 0.1) is 19.4 Å². The van der Waals surface area contributed by atoms with Crippen LogP contribution in [0.25, 0.3) is 0 Å². The van der Waals surface area contributed by atoms with Gasteiger partial charge in [-0.2, -0.15) is 0 Å². The molecule has 0 amide bonds. The Morgan fingerprint density at radius 1 is 1.31 bits per heavy atom. The molecule has 1 atom stereocenters. The van der Waals surface area contributed by atoms with E-state index in [1.807, 2.05) is 12.1 Å². The third-order valence-corrected chi connectivity index (χ3v) is 10.7. The van der Waals surface area contributed by atoms with Crippen LogP contribution in [0.2, 0.25) is 18.1 Å². The zero-order valence-electron chi connectivity index (χ0n) is 16.7. The van der Waals surface area contributed by atoms with E-state index in [2.05, 4.69) is 60.9 Å². The zero-order chi connectivity index (χ0) is 19.5. The van der Waals surface area contributed by atoms with Gasteiger partial charge in [-0.1, -0.05) is 26.8 Å². The molecule has 0 fully saturated rings. The van der Waals surface area contributed by atoms with Crippen molar-refractivity contribution in [1.82, 2.24) is 4.98 Å². The number of hydrogen-bond acceptors (Lipinski definition) is 4. The molecule has 1 aromatic rings. The average Bonchev–Trinajstić information content (AvgIpc) is 2.56. The molecule has 0 spiro atoms. The molecule has 6 heteroatoms. The van der Waals surface area contributed by atoms with Crippen LogP contribution in [0, 0.1) is 5.92 Å². The largest absolute Gasteiger partial charge is 0.481 e. The second-order valence-electron chi connectivity index (χ2n) is 8.40. The summed E-state index contributed by atoms with van der Waals surface area (Å²) in [6.45, 7) is 11.5. The van der Waals surface area contributed by atoms with Crippen LogP contribution >= 0.6 is 15.9 Å². The SMILES string of the molecule is COc1ccc(Br)c(CC2CCC=C(CO[Si](C)(C)C(C)(C)C)C2=O)n1. The van der Waals surface area contributed by atoms with Crippen molar-refractivity contribution >= 4 is 30.0 Å². The number of nitrogens with zero attached hydrogens (tertiary/aromatic N) is 1. The van der Waals surface area contributed by atoms with Gasteiger partial charge in [0, 0.05) is 28.5 Å². The molecule has 0 aromatic carbocycles. The van der Waals surface area contributed by atoms with E-state index in [0.29, 0.717) is 18.9 Å². The number of pyridine rings is 1. The Balaban J connectivity index is 2.07. The van der Waals surface area contributed by atoms with E-state index < -0.39 is 8.32 Å². The van der Waals surface area contributed by atoms with Crippen LogP contribution < -0.4 is 4.74 Å². The Morgan fingerprint density at radius 2 is 2.00 bits per heavy atom. The lowest BCUT2D eigenvalue weighted by Gasteiger charge is -2.36. The van der Waals surface area contributed by atoms with Gasteiger partial charge in [0.1, 0.15) is 0 Å². The maximum absolute atomic E-state index is 13.0. The summed E-state index contributed by atoms with van der Waals surface area (Å²) in [6, 6.07) is 3.74. The third-order valence-electron chi connectivity index (χ3n) is 5.53. The molecule has 2 rings (SSSR count). The summed E-state index contributed by atoms with van der Waals surface area (Å²) in [5, 5.41) is 0.139. The Bertz CT molecular complexity index is 695. The number of methoxy groups -OCH3 is 1. The number of ketones is 1. The molecule has 1 aliphatic carbocycles. The van der Waals surface area contributed by atoms with Gasteiger partial charge in [0.25, 0.3) is 0 Å². The second kappa shape index (κ2) is 8.36. The van der Waals surface area contributed by atoms with Crippen molar-refractivity contribution in [2.24, 2.45) is 5.92 Å². The number of ether oxygens (including phenoxy) is 1. The van der Waals surface area contributed by atoms with Crippen molar-refractivity contribution in [1.29, 1.82) is 0 Å². The number of allylic oxidation sites excluding steroid dienone is 1. The second-order valence-corrected chi connectivity index (χ2v) is 14.1. The van der Waals surface area contributed by atoms with Crippen LogP contribution in [0.4, 0.5) is 0 Å². The Kier molecular flexibility index (Phi) is 6.85. The lowest BCUT2D eigenvalue weighted by Crippen LogP contribution is -2.42. The number of carbonyl (C=O) groups is 1. The lowest BCUT2D eigenvalue weighted by molar-refractivity contribution is -0.120. The quantitative estimate of drug-likeness (QED) is 0.562. The number of hydrogen-bond donors (Lipinski definition) is 0. The molecular weight excluding hydrogens is 410 g/mol. The van der Waals surface area contributed by atoms with Crippen molar-refractivity contribution in [3.05, 3.63) is 33.9 Å². The van der Waals surface area contributed by atoms with Gasteiger partial charge < -0.3 is 9.16 Å². The monoisotopic (exact) mass is 439 g/mol. The minimum Gasteiger partial charge on any atom is -0.481 e. The zero-order valence-corrected chi connectivity index (χ0v) is 19.3. The average molecular weight is 440 g/mol. The van der Waals surface area contributed by atoms with E-state index in [0.717, 1.165) is 28.6 Å². The highest BCUT2D eigenvalue weighted by Gasteiger charge is 2.38. The van der Waals surface area contributed by atoms with Gasteiger partial charge in [0.15, 0.2) is 14.1 Å². The van der Waals surface area contributed by atoms with Crippen LogP contribution in [0.1, 0.15) is 39.3 Å². The molecule has 0 aliphatic heterocycles. The fourth-order valence-corrected chi connectivity index (χ4v) is 4.04. The van der Waals surface area contributed by atoms with Gasteiger partial charge in [-0.05, 0) is 53.0 Å². The van der Waals surface area contributed by atoms with Crippen molar-refractivity contribution in [3.63, 3.8) is 0 Å². The molecule has 1 aliphatic rings. The predicted octanol–water partition coefficient (Wildman–Crippen LogP) is 5.32. The highest BCUT2D eigenvalue weighted by molar-refractivity contribution is 9.10. The summed E-state index contributed by atoms with van der Waals surface area (Å²) >= 11 is 3.54. The number of halogens is 1. The molecule has 0 saturated carbocycles. The molecule has 4 nitrogen and oxygen atoms in total. The first kappa shape index (κ1) is 21.3. The van der Waals surface area contributed by atoms with Crippen LogP contribution in [0.3, 0.4) is 0 Å². The normalized spacial score (nSPS) is 18.7. The van der Waals surface area contributed by atoms with Gasteiger partial charge in [0.2, 0.25) is 5.88 Å². The Hall–Kier alpha value is -0.983. The number of rotatable bonds is 6. The Labute approximate surface area is 166 Å². The summed E-state index contributed by atoms with van der Waals surface area (Å²) in [5.74, 6) is 0.726. The van der Waals surface area contributed by atoms with Crippen LogP contribution in [0.5, 0.6) is 5.88 Å². The van der Waals surface area contributed by atoms with Crippen molar-refractivity contribution in [3.8, 4) is 5.88 Å². The van der Waals surface area contributed by atoms with Gasteiger partial charge in [-0.15, -0.1) is 0 Å². The van der Waals surface area contributed by atoms with E-state index in [4.69, 9.17) is 9.16 Å². The van der Waals surface area contributed by atoms with Gasteiger partial charge >= 0.3 is 0 Å².